The maximum atomic E-state index is 12.6. The highest BCUT2D eigenvalue weighted by atomic mass is 32.2. The Hall–Kier alpha value is -2.81. The molecule has 0 aliphatic heterocycles. The van der Waals surface area contributed by atoms with E-state index in [-0.39, 0.29) is 12.5 Å². The van der Waals surface area contributed by atoms with Crippen molar-refractivity contribution in [2.75, 3.05) is 0 Å². The van der Waals surface area contributed by atoms with E-state index in [2.05, 4.69) is 9.71 Å². The van der Waals surface area contributed by atoms with Crippen molar-refractivity contribution in [2.45, 2.75) is 26.5 Å². The van der Waals surface area contributed by atoms with E-state index in [1.807, 2.05) is 53.9 Å². The molecule has 6 nitrogen and oxygen atoms in total. The number of esters is 1. The van der Waals surface area contributed by atoms with Crippen molar-refractivity contribution in [3.8, 4) is 10.6 Å². The number of benzene rings is 2. The van der Waals surface area contributed by atoms with Crippen LogP contribution in [0.3, 0.4) is 0 Å². The van der Waals surface area contributed by atoms with Gasteiger partial charge in [-0.2, -0.15) is 4.72 Å². The van der Waals surface area contributed by atoms with Gasteiger partial charge in [-0.25, -0.2) is 13.4 Å². The van der Waals surface area contributed by atoms with Gasteiger partial charge < -0.3 is 4.74 Å². The highest BCUT2D eigenvalue weighted by Crippen LogP contribution is 2.23. The van der Waals surface area contributed by atoms with E-state index >= 15 is 0 Å². The molecular formula is C23H24N2O4S2. The molecule has 0 bridgehead atoms. The molecule has 31 heavy (non-hydrogen) atoms. The van der Waals surface area contributed by atoms with Crippen molar-refractivity contribution in [3.63, 3.8) is 0 Å². The Kier molecular flexibility index (Phi) is 7.73. The second-order valence-electron chi connectivity index (χ2n) is 7.22. The summed E-state index contributed by atoms with van der Waals surface area (Å²) in [6.07, 6.45) is 1.48. The predicted octanol–water partition coefficient (Wildman–Crippen LogP) is 4.47. The van der Waals surface area contributed by atoms with E-state index < -0.39 is 22.0 Å². The Bertz CT molecular complexity index is 1120. The van der Waals surface area contributed by atoms with Crippen molar-refractivity contribution >= 4 is 33.4 Å². The molecule has 1 atom stereocenters. The summed E-state index contributed by atoms with van der Waals surface area (Å²) in [5, 5.41) is 3.71. The highest BCUT2D eigenvalue weighted by Gasteiger charge is 2.28. The van der Waals surface area contributed by atoms with Crippen LogP contribution in [0.25, 0.3) is 16.6 Å². The van der Waals surface area contributed by atoms with Crippen LogP contribution in [0, 0.1) is 5.92 Å². The number of rotatable bonds is 9. The molecule has 2 aromatic carbocycles. The summed E-state index contributed by atoms with van der Waals surface area (Å²) in [6, 6.07) is 17.8. The molecule has 162 valence electrons. The van der Waals surface area contributed by atoms with Crippen molar-refractivity contribution < 1.29 is 17.9 Å². The van der Waals surface area contributed by atoms with E-state index in [4.69, 9.17) is 4.74 Å². The first-order chi connectivity index (χ1) is 14.8. The molecule has 0 fully saturated rings. The quantitative estimate of drug-likeness (QED) is 0.480. The van der Waals surface area contributed by atoms with E-state index in [9.17, 15) is 13.2 Å². The summed E-state index contributed by atoms with van der Waals surface area (Å²) in [7, 11) is -3.83. The van der Waals surface area contributed by atoms with Crippen LogP contribution in [0.5, 0.6) is 0 Å². The normalized spacial score (nSPS) is 12.9. The molecule has 3 aromatic rings. The minimum absolute atomic E-state index is 0.0209. The zero-order chi connectivity index (χ0) is 22.3. The molecule has 0 saturated carbocycles. The summed E-state index contributed by atoms with van der Waals surface area (Å²) >= 11 is 1.46. The first kappa shape index (κ1) is 22.9. The van der Waals surface area contributed by atoms with Crippen LogP contribution in [0.2, 0.25) is 0 Å². The second kappa shape index (κ2) is 10.5. The van der Waals surface area contributed by atoms with Gasteiger partial charge in [0.25, 0.3) is 0 Å². The largest absolute Gasteiger partial charge is 0.458 e. The number of ether oxygens (including phenoxy) is 1. The standard InChI is InChI=1S/C23H24N2O4S2/c1-17(2)21(25-31(27,28)14-13-18-9-5-3-6-10-18)23(26)29-15-20-16-30-22(24-20)19-11-7-4-8-12-19/h3-14,16-17,21,25H,15H2,1-2H3/b14-13+. The third-order valence-corrected chi connectivity index (χ3v) is 6.40. The summed E-state index contributed by atoms with van der Waals surface area (Å²) in [6.45, 7) is 3.49. The Morgan fingerprint density at radius 1 is 1.10 bits per heavy atom. The summed E-state index contributed by atoms with van der Waals surface area (Å²) in [5.74, 6) is -0.927. The number of nitrogens with zero attached hydrogens (tertiary/aromatic N) is 1. The molecular weight excluding hydrogens is 432 g/mol. The van der Waals surface area contributed by atoms with E-state index in [1.54, 1.807) is 26.0 Å². The molecule has 0 aliphatic rings. The van der Waals surface area contributed by atoms with E-state index in [0.717, 1.165) is 21.5 Å². The molecule has 0 radical (unpaired) electrons. The fourth-order valence-corrected chi connectivity index (χ4v) is 4.67. The number of carbonyl (C=O) groups is 1. The van der Waals surface area contributed by atoms with Gasteiger partial charge in [0.1, 0.15) is 17.7 Å². The van der Waals surface area contributed by atoms with Crippen molar-refractivity contribution in [1.29, 1.82) is 0 Å². The van der Waals surface area contributed by atoms with Crippen LogP contribution in [0.4, 0.5) is 0 Å². The third-order valence-electron chi connectivity index (χ3n) is 4.39. The molecule has 1 aromatic heterocycles. The molecule has 3 rings (SSSR count). The van der Waals surface area contributed by atoms with E-state index in [0.29, 0.717) is 5.69 Å². The first-order valence-electron chi connectivity index (χ1n) is 9.76. The van der Waals surface area contributed by atoms with Crippen molar-refractivity contribution in [3.05, 3.63) is 82.7 Å². The van der Waals surface area contributed by atoms with E-state index in [1.165, 1.54) is 17.4 Å². The number of hydrogen-bond acceptors (Lipinski definition) is 6. The maximum Gasteiger partial charge on any atom is 0.324 e. The van der Waals surface area contributed by atoms with Gasteiger partial charge in [-0.1, -0.05) is 74.5 Å². The molecule has 0 aliphatic carbocycles. The smallest absolute Gasteiger partial charge is 0.324 e. The van der Waals surface area contributed by atoms with Crippen LogP contribution in [0.1, 0.15) is 25.1 Å². The molecule has 1 N–H and O–H groups in total. The Labute approximate surface area is 186 Å². The minimum atomic E-state index is -3.83. The molecule has 0 spiro atoms. The number of carbonyl (C=O) groups excluding carboxylic acids is 1. The number of aromatic nitrogens is 1. The van der Waals surface area contributed by atoms with Gasteiger partial charge in [-0.15, -0.1) is 11.3 Å². The SMILES string of the molecule is CC(C)C(NS(=O)(=O)/C=C/c1ccccc1)C(=O)OCc1csc(-c2ccccc2)n1. The lowest BCUT2D eigenvalue weighted by Crippen LogP contribution is -2.44. The van der Waals surface area contributed by atoms with Crippen molar-refractivity contribution in [1.82, 2.24) is 9.71 Å². The molecule has 0 amide bonds. The number of thiazole rings is 1. The number of hydrogen-bond donors (Lipinski definition) is 1. The average Bonchev–Trinajstić information content (AvgIpc) is 3.25. The summed E-state index contributed by atoms with van der Waals surface area (Å²) < 4.78 is 32.7. The lowest BCUT2D eigenvalue weighted by molar-refractivity contribution is -0.148. The van der Waals surface area contributed by atoms with Gasteiger partial charge in [0.15, 0.2) is 0 Å². The molecule has 1 heterocycles. The van der Waals surface area contributed by atoms with Gasteiger partial charge in [-0.05, 0) is 17.6 Å². The van der Waals surface area contributed by atoms with Crippen LogP contribution in [0.15, 0.2) is 71.5 Å². The van der Waals surface area contributed by atoms with Crippen LogP contribution in [-0.4, -0.2) is 25.4 Å². The predicted molar refractivity (Wildman–Crippen MR) is 124 cm³/mol. The molecule has 8 heteroatoms. The zero-order valence-corrected chi connectivity index (χ0v) is 18.9. The average molecular weight is 457 g/mol. The van der Waals surface area contributed by atoms with Gasteiger partial charge in [0, 0.05) is 16.4 Å². The summed E-state index contributed by atoms with van der Waals surface area (Å²) in [5.41, 5.74) is 2.35. The minimum Gasteiger partial charge on any atom is -0.458 e. The van der Waals surface area contributed by atoms with Crippen LogP contribution >= 0.6 is 11.3 Å². The van der Waals surface area contributed by atoms with Crippen LogP contribution < -0.4 is 4.72 Å². The van der Waals surface area contributed by atoms with Gasteiger partial charge in [0.2, 0.25) is 10.0 Å². The van der Waals surface area contributed by atoms with Gasteiger partial charge >= 0.3 is 5.97 Å². The lowest BCUT2D eigenvalue weighted by Gasteiger charge is -2.19. The lowest BCUT2D eigenvalue weighted by atomic mass is 10.1. The number of sulfonamides is 1. The first-order valence-corrected chi connectivity index (χ1v) is 12.2. The second-order valence-corrected chi connectivity index (χ2v) is 9.67. The Morgan fingerprint density at radius 3 is 2.39 bits per heavy atom. The van der Waals surface area contributed by atoms with Gasteiger partial charge in [0.05, 0.1) is 5.69 Å². The monoisotopic (exact) mass is 456 g/mol. The highest BCUT2D eigenvalue weighted by molar-refractivity contribution is 7.92. The number of nitrogens with one attached hydrogen (secondary N) is 1. The van der Waals surface area contributed by atoms with Crippen molar-refractivity contribution in [2.24, 2.45) is 5.92 Å². The topological polar surface area (TPSA) is 85.4 Å². The van der Waals surface area contributed by atoms with Crippen LogP contribution in [-0.2, 0) is 26.2 Å². The Balaban J connectivity index is 1.61. The molecule has 1 unspecified atom stereocenters. The maximum absolute atomic E-state index is 12.6. The fourth-order valence-electron chi connectivity index (χ4n) is 2.73. The molecule has 0 saturated heterocycles. The van der Waals surface area contributed by atoms with Gasteiger partial charge in [-0.3, -0.25) is 4.79 Å². The zero-order valence-electron chi connectivity index (χ0n) is 17.3. The Morgan fingerprint density at radius 2 is 1.74 bits per heavy atom. The third kappa shape index (κ3) is 6.85. The summed E-state index contributed by atoms with van der Waals surface area (Å²) in [4.78, 5) is 17.1. The fraction of sp³-hybridized carbons (Fsp3) is 0.217.